The third-order valence-electron chi connectivity index (χ3n) is 4.64. The van der Waals surface area contributed by atoms with Crippen molar-refractivity contribution in [2.24, 2.45) is 5.84 Å². The van der Waals surface area contributed by atoms with Crippen LogP contribution in [0.4, 0.5) is 5.69 Å². The first-order valence-corrected chi connectivity index (χ1v) is 7.12. The van der Waals surface area contributed by atoms with Crippen molar-refractivity contribution in [3.8, 4) is 0 Å². The van der Waals surface area contributed by atoms with Gasteiger partial charge in [-0.25, -0.2) is 0 Å². The van der Waals surface area contributed by atoms with Crippen molar-refractivity contribution in [1.29, 1.82) is 0 Å². The number of carbonyl (C=O) groups excluding carboxylic acids is 1. The van der Waals surface area contributed by atoms with Gasteiger partial charge in [-0.05, 0) is 32.4 Å². The molecule has 2 bridgehead atoms. The minimum atomic E-state index is 0.0204. The Bertz CT molecular complexity index is 506. The Morgan fingerprint density at radius 2 is 2.20 bits per heavy atom. The molecule has 108 valence electrons. The van der Waals surface area contributed by atoms with Crippen molar-refractivity contribution in [2.45, 2.75) is 31.3 Å². The van der Waals surface area contributed by atoms with Gasteiger partial charge in [-0.2, -0.15) is 0 Å². The molecule has 2 unspecified atom stereocenters. The number of likely N-dealkylation sites (tertiary alicyclic amines) is 1. The fraction of sp³-hybridized carbons (Fsp3) is 0.571. The maximum atomic E-state index is 12.7. The molecule has 6 nitrogen and oxygen atoms in total. The predicted octanol–water partition coefficient (Wildman–Crippen LogP) is 0.676. The second-order valence-electron chi connectivity index (χ2n) is 5.66. The van der Waals surface area contributed by atoms with E-state index in [9.17, 15) is 4.79 Å². The molecule has 0 spiro atoms. The number of nitrogens with two attached hydrogens (primary N) is 1. The molecule has 3 rings (SSSR count). The van der Waals surface area contributed by atoms with Gasteiger partial charge in [-0.3, -0.25) is 20.5 Å². The van der Waals surface area contributed by atoms with E-state index >= 15 is 0 Å². The van der Waals surface area contributed by atoms with Gasteiger partial charge in [0.1, 0.15) is 0 Å². The minimum Gasteiger partial charge on any atom is -0.337 e. The van der Waals surface area contributed by atoms with Crippen molar-refractivity contribution in [1.82, 2.24) is 14.8 Å². The van der Waals surface area contributed by atoms with Crippen LogP contribution in [0.3, 0.4) is 0 Å². The highest BCUT2D eigenvalue weighted by Crippen LogP contribution is 2.29. The number of nitrogen functional groups attached to an aromatic ring is 1. The summed E-state index contributed by atoms with van der Waals surface area (Å²) in [5.74, 6) is 5.50. The molecular formula is C14H21N5O. The number of likely N-dealkylation sites (N-methyl/N-ethyl adjacent to an activating group) is 1. The largest absolute Gasteiger partial charge is 0.337 e. The molecule has 2 aliphatic heterocycles. The highest BCUT2D eigenvalue weighted by Gasteiger charge is 2.36. The van der Waals surface area contributed by atoms with E-state index in [4.69, 9.17) is 5.84 Å². The second-order valence-corrected chi connectivity index (χ2v) is 5.66. The zero-order valence-corrected chi connectivity index (χ0v) is 11.7. The van der Waals surface area contributed by atoms with Crippen LogP contribution in [0.1, 0.15) is 29.6 Å². The van der Waals surface area contributed by atoms with Crippen molar-refractivity contribution in [2.75, 3.05) is 25.6 Å². The molecular weight excluding hydrogens is 254 g/mol. The number of hydrogen-bond donors (Lipinski definition) is 2. The lowest BCUT2D eigenvalue weighted by Gasteiger charge is -2.26. The topological polar surface area (TPSA) is 74.5 Å². The van der Waals surface area contributed by atoms with Gasteiger partial charge in [0.05, 0.1) is 11.3 Å². The van der Waals surface area contributed by atoms with Crippen molar-refractivity contribution in [3.63, 3.8) is 0 Å². The van der Waals surface area contributed by atoms with Crippen LogP contribution in [-0.4, -0.2) is 52.9 Å². The van der Waals surface area contributed by atoms with Crippen molar-refractivity contribution >= 4 is 11.6 Å². The van der Waals surface area contributed by atoms with Gasteiger partial charge in [0, 0.05) is 37.6 Å². The Morgan fingerprint density at radius 1 is 1.40 bits per heavy atom. The second kappa shape index (κ2) is 5.38. The van der Waals surface area contributed by atoms with Gasteiger partial charge in [0.25, 0.3) is 5.91 Å². The standard InChI is InChI=1S/C14H21N5O/c1-18-10-2-3-11(18)9-19(7-5-10)14(20)12-8-16-6-4-13(12)17-15/h4,6,8,10-11H,2-3,5,7,9,15H2,1H3,(H,16,17). The number of fused-ring (bicyclic) bond motifs is 2. The normalized spacial score (nSPS) is 26.4. The SMILES string of the molecule is CN1C2CCC1CN(C(=O)c1cnccc1NN)CC2. The number of nitrogens with zero attached hydrogens (tertiary/aromatic N) is 3. The molecule has 1 aromatic heterocycles. The Kier molecular flexibility index (Phi) is 3.58. The molecule has 1 amide bonds. The Labute approximate surface area is 118 Å². The zero-order valence-electron chi connectivity index (χ0n) is 11.7. The number of rotatable bonds is 2. The molecule has 2 fully saturated rings. The average Bonchev–Trinajstić information content (AvgIpc) is 2.71. The van der Waals surface area contributed by atoms with E-state index in [1.165, 1.54) is 12.8 Å². The first-order valence-electron chi connectivity index (χ1n) is 7.12. The Balaban J connectivity index is 1.80. The summed E-state index contributed by atoms with van der Waals surface area (Å²) in [6, 6.07) is 2.83. The quantitative estimate of drug-likeness (QED) is 0.613. The molecule has 3 N–H and O–H groups in total. The molecule has 0 radical (unpaired) electrons. The molecule has 2 aliphatic rings. The predicted molar refractivity (Wildman–Crippen MR) is 77.1 cm³/mol. The van der Waals surface area contributed by atoms with Gasteiger partial charge < -0.3 is 10.3 Å². The number of anilines is 1. The summed E-state index contributed by atoms with van der Waals surface area (Å²) in [6.07, 6.45) is 6.70. The molecule has 6 heteroatoms. The summed E-state index contributed by atoms with van der Waals surface area (Å²) in [7, 11) is 2.17. The first-order chi connectivity index (χ1) is 9.70. The molecule has 0 aliphatic carbocycles. The van der Waals surface area contributed by atoms with Crippen LogP contribution in [0, 0.1) is 0 Å². The molecule has 0 aromatic carbocycles. The number of nitrogens with one attached hydrogen (secondary N) is 1. The van der Waals surface area contributed by atoms with Crippen molar-refractivity contribution < 1.29 is 4.79 Å². The summed E-state index contributed by atoms with van der Waals surface area (Å²) >= 11 is 0. The molecule has 2 saturated heterocycles. The van der Waals surface area contributed by atoms with Gasteiger partial charge in [-0.1, -0.05) is 0 Å². The van der Waals surface area contributed by atoms with E-state index in [2.05, 4.69) is 22.4 Å². The van der Waals surface area contributed by atoms with Gasteiger partial charge >= 0.3 is 0 Å². The lowest BCUT2D eigenvalue weighted by Crippen LogP contribution is -2.40. The summed E-state index contributed by atoms with van der Waals surface area (Å²) < 4.78 is 0. The average molecular weight is 275 g/mol. The number of amides is 1. The van der Waals surface area contributed by atoms with E-state index in [-0.39, 0.29) is 5.91 Å². The summed E-state index contributed by atoms with van der Waals surface area (Å²) in [5, 5.41) is 0. The summed E-state index contributed by atoms with van der Waals surface area (Å²) in [5.41, 5.74) is 3.76. The summed E-state index contributed by atoms with van der Waals surface area (Å²) in [4.78, 5) is 21.1. The van der Waals surface area contributed by atoms with Crippen LogP contribution < -0.4 is 11.3 Å². The number of hydrazine groups is 1. The van der Waals surface area contributed by atoms with Crippen LogP contribution in [0.25, 0.3) is 0 Å². The molecule has 20 heavy (non-hydrogen) atoms. The Hall–Kier alpha value is -1.66. The maximum Gasteiger partial charge on any atom is 0.257 e. The Morgan fingerprint density at radius 3 is 3.00 bits per heavy atom. The van der Waals surface area contributed by atoms with E-state index < -0.39 is 0 Å². The molecule has 0 saturated carbocycles. The highest BCUT2D eigenvalue weighted by molar-refractivity contribution is 5.99. The van der Waals surface area contributed by atoms with Crippen LogP contribution in [0.15, 0.2) is 18.5 Å². The lowest BCUT2D eigenvalue weighted by atomic mass is 10.1. The summed E-state index contributed by atoms with van der Waals surface area (Å²) in [6.45, 7) is 1.61. The maximum absolute atomic E-state index is 12.7. The van der Waals surface area contributed by atoms with E-state index in [0.717, 1.165) is 19.5 Å². The fourth-order valence-corrected chi connectivity index (χ4v) is 3.35. The lowest BCUT2D eigenvalue weighted by molar-refractivity contribution is 0.0740. The van der Waals surface area contributed by atoms with Gasteiger partial charge in [-0.15, -0.1) is 0 Å². The zero-order chi connectivity index (χ0) is 14.1. The molecule has 2 atom stereocenters. The monoisotopic (exact) mass is 275 g/mol. The van der Waals surface area contributed by atoms with Crippen LogP contribution in [-0.2, 0) is 0 Å². The third-order valence-corrected chi connectivity index (χ3v) is 4.64. The van der Waals surface area contributed by atoms with Gasteiger partial charge in [0.2, 0.25) is 0 Å². The fourth-order valence-electron chi connectivity index (χ4n) is 3.35. The number of pyridine rings is 1. The molecule has 3 heterocycles. The third kappa shape index (κ3) is 2.25. The first kappa shape index (κ1) is 13.3. The van der Waals surface area contributed by atoms with E-state index in [1.54, 1.807) is 18.5 Å². The van der Waals surface area contributed by atoms with Crippen LogP contribution in [0.2, 0.25) is 0 Å². The van der Waals surface area contributed by atoms with E-state index in [1.807, 2.05) is 4.90 Å². The number of carbonyl (C=O) groups is 1. The van der Waals surface area contributed by atoms with Crippen molar-refractivity contribution in [3.05, 3.63) is 24.0 Å². The molecule has 1 aromatic rings. The minimum absolute atomic E-state index is 0.0204. The highest BCUT2D eigenvalue weighted by atomic mass is 16.2. The number of hydrogen-bond acceptors (Lipinski definition) is 5. The number of aromatic nitrogens is 1. The van der Waals surface area contributed by atoms with Crippen LogP contribution >= 0.6 is 0 Å². The van der Waals surface area contributed by atoms with E-state index in [0.29, 0.717) is 23.3 Å². The van der Waals surface area contributed by atoms with Crippen LogP contribution in [0.5, 0.6) is 0 Å². The van der Waals surface area contributed by atoms with Gasteiger partial charge in [0.15, 0.2) is 0 Å². The smallest absolute Gasteiger partial charge is 0.257 e.